The van der Waals surface area contributed by atoms with Crippen LogP contribution in [0.5, 0.6) is 0 Å². The topological polar surface area (TPSA) is 48.4 Å². The Bertz CT molecular complexity index is 769. The highest BCUT2D eigenvalue weighted by atomic mass is 35.5. The third kappa shape index (κ3) is 4.17. The minimum absolute atomic E-state index is 0.0165. The molecule has 0 spiro atoms. The number of aliphatic hydroxyl groups is 1. The van der Waals surface area contributed by atoms with Crippen molar-refractivity contribution >= 4 is 17.4 Å². The Morgan fingerprint density at radius 3 is 2.85 bits per heavy atom. The van der Waals surface area contributed by atoms with Gasteiger partial charge in [0.05, 0.1) is 12.3 Å². The smallest absolute Gasteiger partial charge is 0.146 e. The Balaban J connectivity index is 1.75. The Hall–Kier alpha value is -1.69. The number of aliphatic hydroxyl groups excluding tert-OH is 1. The van der Waals surface area contributed by atoms with Crippen LogP contribution in [0.2, 0.25) is 5.02 Å². The van der Waals surface area contributed by atoms with Crippen LogP contribution in [0.15, 0.2) is 30.3 Å². The van der Waals surface area contributed by atoms with E-state index in [2.05, 4.69) is 21.3 Å². The van der Waals surface area contributed by atoms with E-state index in [0.29, 0.717) is 18.8 Å². The molecule has 26 heavy (non-hydrogen) atoms. The van der Waals surface area contributed by atoms with Gasteiger partial charge in [0.1, 0.15) is 11.6 Å². The molecule has 1 aromatic carbocycles. The molecule has 0 bridgehead atoms. The first-order chi connectivity index (χ1) is 12.5. The maximum atomic E-state index is 14.2. The van der Waals surface area contributed by atoms with Gasteiger partial charge in [-0.25, -0.2) is 9.37 Å². The van der Waals surface area contributed by atoms with Crippen LogP contribution in [0.1, 0.15) is 30.7 Å². The van der Waals surface area contributed by atoms with Gasteiger partial charge in [-0.05, 0) is 41.7 Å². The van der Waals surface area contributed by atoms with Gasteiger partial charge in [0.25, 0.3) is 0 Å². The second kappa shape index (κ2) is 8.33. The minimum Gasteiger partial charge on any atom is -0.395 e. The molecule has 1 atom stereocenters. The summed E-state index contributed by atoms with van der Waals surface area (Å²) < 4.78 is 14.2. The number of rotatable bonds is 6. The van der Waals surface area contributed by atoms with E-state index in [0.717, 1.165) is 23.8 Å². The summed E-state index contributed by atoms with van der Waals surface area (Å²) in [6.07, 6.45) is 0.849. The van der Waals surface area contributed by atoms with Gasteiger partial charge in [-0.15, -0.1) is 0 Å². The molecule has 2 aromatic rings. The van der Waals surface area contributed by atoms with Crippen molar-refractivity contribution in [3.63, 3.8) is 0 Å². The molecule has 0 fully saturated rings. The third-order valence-corrected chi connectivity index (χ3v) is 5.32. The third-order valence-electron chi connectivity index (χ3n) is 4.97. The Morgan fingerprint density at radius 1 is 1.31 bits per heavy atom. The molecule has 0 saturated heterocycles. The SMILES string of the molecule is CC(C)[C@H](CO)NCc1nc(N2CCc3c(Cl)cccc3C2)ccc1F. The van der Waals surface area contributed by atoms with E-state index in [9.17, 15) is 9.50 Å². The zero-order valence-electron chi connectivity index (χ0n) is 15.2. The lowest BCUT2D eigenvalue weighted by molar-refractivity contribution is 0.209. The first kappa shape index (κ1) is 19.1. The number of benzene rings is 1. The summed E-state index contributed by atoms with van der Waals surface area (Å²) >= 11 is 6.28. The average molecular weight is 378 g/mol. The first-order valence-electron chi connectivity index (χ1n) is 9.00. The van der Waals surface area contributed by atoms with E-state index >= 15 is 0 Å². The molecule has 0 aliphatic carbocycles. The molecular formula is C20H25ClFN3O. The van der Waals surface area contributed by atoms with Crippen LogP contribution in [-0.4, -0.2) is 29.3 Å². The number of nitrogens with zero attached hydrogens (tertiary/aromatic N) is 2. The molecule has 1 aromatic heterocycles. The van der Waals surface area contributed by atoms with Gasteiger partial charge >= 0.3 is 0 Å². The van der Waals surface area contributed by atoms with Gasteiger partial charge in [-0.1, -0.05) is 37.6 Å². The highest BCUT2D eigenvalue weighted by molar-refractivity contribution is 6.31. The normalized spacial score (nSPS) is 15.2. The number of aromatic nitrogens is 1. The van der Waals surface area contributed by atoms with Crippen LogP contribution in [0.25, 0.3) is 0 Å². The summed E-state index contributed by atoms with van der Waals surface area (Å²) in [6.45, 7) is 5.86. The van der Waals surface area contributed by atoms with Crippen molar-refractivity contribution in [1.29, 1.82) is 0 Å². The van der Waals surface area contributed by atoms with Crippen molar-refractivity contribution in [2.75, 3.05) is 18.1 Å². The molecule has 3 rings (SSSR count). The van der Waals surface area contributed by atoms with E-state index in [4.69, 9.17) is 11.6 Å². The lowest BCUT2D eigenvalue weighted by atomic mass is 10.00. The summed E-state index contributed by atoms with van der Waals surface area (Å²) in [7, 11) is 0. The molecule has 0 amide bonds. The van der Waals surface area contributed by atoms with Crippen LogP contribution >= 0.6 is 11.6 Å². The fraction of sp³-hybridized carbons (Fsp3) is 0.450. The van der Waals surface area contributed by atoms with Crippen molar-refractivity contribution in [3.8, 4) is 0 Å². The van der Waals surface area contributed by atoms with Crippen molar-refractivity contribution < 1.29 is 9.50 Å². The fourth-order valence-electron chi connectivity index (χ4n) is 3.27. The van der Waals surface area contributed by atoms with Crippen LogP contribution < -0.4 is 10.2 Å². The zero-order chi connectivity index (χ0) is 18.7. The monoisotopic (exact) mass is 377 g/mol. The summed E-state index contributed by atoms with van der Waals surface area (Å²) in [5, 5.41) is 13.4. The fourth-order valence-corrected chi connectivity index (χ4v) is 3.56. The van der Waals surface area contributed by atoms with Gasteiger partial charge < -0.3 is 15.3 Å². The number of fused-ring (bicyclic) bond motifs is 1. The zero-order valence-corrected chi connectivity index (χ0v) is 15.9. The quantitative estimate of drug-likeness (QED) is 0.808. The van der Waals surface area contributed by atoms with E-state index in [1.165, 1.54) is 17.2 Å². The van der Waals surface area contributed by atoms with Gasteiger partial charge in [-0.2, -0.15) is 0 Å². The predicted molar refractivity (Wildman–Crippen MR) is 103 cm³/mol. The Kier molecular flexibility index (Phi) is 6.12. The number of halogens is 2. The predicted octanol–water partition coefficient (Wildman–Crippen LogP) is 3.54. The van der Waals surface area contributed by atoms with Crippen LogP contribution in [-0.2, 0) is 19.5 Å². The molecule has 0 saturated carbocycles. The molecule has 2 heterocycles. The van der Waals surface area contributed by atoms with Gasteiger partial charge in [-0.3, -0.25) is 0 Å². The maximum absolute atomic E-state index is 14.2. The maximum Gasteiger partial charge on any atom is 0.146 e. The lowest BCUT2D eigenvalue weighted by Crippen LogP contribution is -2.37. The van der Waals surface area contributed by atoms with Crippen LogP contribution in [0.3, 0.4) is 0 Å². The summed E-state index contributed by atoms with van der Waals surface area (Å²) in [4.78, 5) is 6.68. The Labute approximate surface area is 159 Å². The van der Waals surface area contributed by atoms with Crippen molar-refractivity contribution in [2.45, 2.75) is 39.4 Å². The first-order valence-corrected chi connectivity index (χ1v) is 9.38. The molecule has 0 unspecified atom stereocenters. The molecule has 0 radical (unpaired) electrons. The van der Waals surface area contributed by atoms with Crippen molar-refractivity contribution in [1.82, 2.24) is 10.3 Å². The standard InChI is InChI=1S/C20H25ClFN3O/c1-13(2)19(12-26)23-10-18-17(22)6-7-20(24-18)25-9-8-15-14(11-25)4-3-5-16(15)21/h3-7,13,19,23,26H,8-12H2,1-2H3/t19-/m0/s1. The minimum atomic E-state index is -0.331. The molecule has 4 nitrogen and oxygen atoms in total. The van der Waals surface area contributed by atoms with E-state index in [-0.39, 0.29) is 24.4 Å². The van der Waals surface area contributed by atoms with Crippen molar-refractivity contribution in [3.05, 3.63) is 58.0 Å². The Morgan fingerprint density at radius 2 is 2.12 bits per heavy atom. The summed E-state index contributed by atoms with van der Waals surface area (Å²) in [5.74, 6) is 0.690. The van der Waals surface area contributed by atoms with Crippen molar-refractivity contribution in [2.24, 2.45) is 5.92 Å². The molecule has 6 heteroatoms. The summed E-state index contributed by atoms with van der Waals surface area (Å²) in [5.41, 5.74) is 2.75. The number of hydrogen-bond donors (Lipinski definition) is 2. The highest BCUT2D eigenvalue weighted by Gasteiger charge is 2.20. The summed E-state index contributed by atoms with van der Waals surface area (Å²) in [6, 6.07) is 9.06. The van der Waals surface area contributed by atoms with Gasteiger partial charge in [0.15, 0.2) is 0 Å². The average Bonchev–Trinajstić information content (AvgIpc) is 2.63. The number of hydrogen-bond acceptors (Lipinski definition) is 4. The van der Waals surface area contributed by atoms with Crippen LogP contribution in [0.4, 0.5) is 10.2 Å². The largest absolute Gasteiger partial charge is 0.395 e. The molecule has 140 valence electrons. The second-order valence-corrected chi connectivity index (χ2v) is 7.47. The molecule has 1 aliphatic rings. The van der Waals surface area contributed by atoms with E-state index in [1.807, 2.05) is 26.0 Å². The molecule has 1 aliphatic heterocycles. The number of nitrogens with one attached hydrogen (secondary N) is 1. The molecular weight excluding hydrogens is 353 g/mol. The molecule has 2 N–H and O–H groups in total. The van der Waals surface area contributed by atoms with Gasteiger partial charge in [0, 0.05) is 30.7 Å². The van der Waals surface area contributed by atoms with E-state index in [1.54, 1.807) is 6.07 Å². The number of pyridine rings is 1. The highest BCUT2D eigenvalue weighted by Crippen LogP contribution is 2.28. The van der Waals surface area contributed by atoms with Crippen LogP contribution in [0, 0.1) is 11.7 Å². The lowest BCUT2D eigenvalue weighted by Gasteiger charge is -2.30. The van der Waals surface area contributed by atoms with Gasteiger partial charge in [0.2, 0.25) is 0 Å². The second-order valence-electron chi connectivity index (χ2n) is 7.06. The van der Waals surface area contributed by atoms with E-state index < -0.39 is 0 Å². The number of anilines is 1.